The molecule has 0 aliphatic rings. The molecule has 1 atom stereocenters. The second-order valence-electron chi connectivity index (χ2n) is 3.93. The van der Waals surface area contributed by atoms with Gasteiger partial charge in [0.15, 0.2) is 0 Å². The first-order valence-corrected chi connectivity index (χ1v) is 6.91. The Morgan fingerprint density at radius 1 is 1.26 bits per heavy atom. The van der Waals surface area contributed by atoms with E-state index in [0.29, 0.717) is 42.1 Å². The van der Waals surface area contributed by atoms with Crippen molar-refractivity contribution in [2.24, 2.45) is 0 Å². The maximum Gasteiger partial charge on any atom is 0.0945 e. The van der Waals surface area contributed by atoms with Gasteiger partial charge in [-0.15, -0.1) is 0 Å². The molecule has 1 rings (SSSR count). The van der Waals surface area contributed by atoms with E-state index >= 15 is 0 Å². The molecule has 0 fully saturated rings. The van der Waals surface area contributed by atoms with Crippen LogP contribution in [0.1, 0.15) is 6.92 Å². The maximum atomic E-state index is 9.72. The Morgan fingerprint density at radius 3 is 2.74 bits per heavy atom. The Hall–Kier alpha value is -0.520. The van der Waals surface area contributed by atoms with Gasteiger partial charge in [0, 0.05) is 18.2 Å². The minimum atomic E-state index is -0.614. The summed E-state index contributed by atoms with van der Waals surface area (Å²) in [5.41, 5.74) is 0.697. The Kier molecular flexibility index (Phi) is 8.18. The van der Waals surface area contributed by atoms with Crippen molar-refractivity contribution in [3.05, 3.63) is 28.2 Å². The van der Waals surface area contributed by atoms with Gasteiger partial charge in [0.1, 0.15) is 0 Å². The summed E-state index contributed by atoms with van der Waals surface area (Å²) < 4.78 is 10.4. The molecule has 0 radical (unpaired) electrons. The van der Waals surface area contributed by atoms with Gasteiger partial charge in [-0.2, -0.15) is 0 Å². The van der Waals surface area contributed by atoms with Gasteiger partial charge in [-0.1, -0.05) is 23.2 Å². The van der Waals surface area contributed by atoms with Crippen LogP contribution in [0.5, 0.6) is 0 Å². The minimum Gasteiger partial charge on any atom is -0.389 e. The predicted octanol–water partition coefficient (Wildman–Crippen LogP) is 2.82. The van der Waals surface area contributed by atoms with Crippen LogP contribution in [-0.4, -0.2) is 44.2 Å². The molecule has 0 spiro atoms. The van der Waals surface area contributed by atoms with Gasteiger partial charge in [0.05, 0.1) is 36.6 Å². The van der Waals surface area contributed by atoms with Crippen molar-refractivity contribution >= 4 is 28.9 Å². The maximum absolute atomic E-state index is 9.72. The van der Waals surface area contributed by atoms with Crippen molar-refractivity contribution in [1.29, 1.82) is 0 Å². The third kappa shape index (κ3) is 6.99. The van der Waals surface area contributed by atoms with Gasteiger partial charge in [0.2, 0.25) is 0 Å². The third-order valence-electron chi connectivity index (χ3n) is 2.34. The van der Waals surface area contributed by atoms with Crippen molar-refractivity contribution in [1.82, 2.24) is 0 Å². The van der Waals surface area contributed by atoms with Gasteiger partial charge in [-0.25, -0.2) is 0 Å². The molecule has 0 aliphatic carbocycles. The van der Waals surface area contributed by atoms with Gasteiger partial charge in [-0.05, 0) is 25.1 Å². The number of benzene rings is 1. The van der Waals surface area contributed by atoms with E-state index in [0.717, 1.165) is 0 Å². The molecule has 2 N–H and O–H groups in total. The first-order valence-electron chi connectivity index (χ1n) is 6.16. The Labute approximate surface area is 123 Å². The van der Waals surface area contributed by atoms with Crippen LogP contribution < -0.4 is 5.32 Å². The fourth-order valence-corrected chi connectivity index (χ4v) is 1.76. The lowest BCUT2D eigenvalue weighted by molar-refractivity contribution is 0.0103. The van der Waals surface area contributed by atoms with Crippen molar-refractivity contribution in [2.75, 3.05) is 38.3 Å². The summed E-state index contributed by atoms with van der Waals surface area (Å²) in [5.74, 6) is 0. The summed E-state index contributed by atoms with van der Waals surface area (Å²) >= 11 is 11.9. The lowest BCUT2D eigenvalue weighted by Gasteiger charge is -2.14. The van der Waals surface area contributed by atoms with E-state index in [9.17, 15) is 5.11 Å². The molecular weight excluding hydrogens is 289 g/mol. The average Bonchev–Trinajstić information content (AvgIpc) is 2.39. The second kappa shape index (κ2) is 9.39. The van der Waals surface area contributed by atoms with E-state index in [-0.39, 0.29) is 6.61 Å². The van der Waals surface area contributed by atoms with Crippen LogP contribution in [0.3, 0.4) is 0 Å². The van der Waals surface area contributed by atoms with Crippen molar-refractivity contribution in [3.63, 3.8) is 0 Å². The topological polar surface area (TPSA) is 50.7 Å². The highest BCUT2D eigenvalue weighted by Gasteiger charge is 2.06. The minimum absolute atomic E-state index is 0.248. The van der Waals surface area contributed by atoms with Crippen LogP contribution >= 0.6 is 23.2 Å². The number of anilines is 1. The van der Waals surface area contributed by atoms with Gasteiger partial charge < -0.3 is 19.9 Å². The summed E-state index contributed by atoms with van der Waals surface area (Å²) in [4.78, 5) is 0. The van der Waals surface area contributed by atoms with E-state index in [1.165, 1.54) is 0 Å². The van der Waals surface area contributed by atoms with E-state index < -0.39 is 6.10 Å². The number of hydrogen-bond acceptors (Lipinski definition) is 4. The van der Waals surface area contributed by atoms with Crippen molar-refractivity contribution < 1.29 is 14.6 Å². The van der Waals surface area contributed by atoms with Crippen LogP contribution in [-0.2, 0) is 9.47 Å². The predicted molar refractivity (Wildman–Crippen MR) is 78.3 cm³/mol. The summed E-state index contributed by atoms with van der Waals surface area (Å²) in [6.45, 7) is 4.20. The molecule has 0 aromatic heterocycles. The lowest BCUT2D eigenvalue weighted by Crippen LogP contribution is -2.25. The zero-order valence-corrected chi connectivity index (χ0v) is 12.4. The third-order valence-corrected chi connectivity index (χ3v) is 2.91. The molecule has 1 aromatic rings. The van der Waals surface area contributed by atoms with E-state index in [1.807, 2.05) is 6.92 Å². The Bertz CT molecular complexity index is 377. The number of ether oxygens (including phenoxy) is 2. The highest BCUT2D eigenvalue weighted by Crippen LogP contribution is 2.25. The molecule has 108 valence electrons. The van der Waals surface area contributed by atoms with E-state index in [4.69, 9.17) is 32.7 Å². The van der Waals surface area contributed by atoms with Gasteiger partial charge in [0.25, 0.3) is 0 Å². The molecule has 1 aromatic carbocycles. The highest BCUT2D eigenvalue weighted by atomic mass is 35.5. The Balaban J connectivity index is 2.22. The standard InChI is InChI=1S/C13H19Cl2NO3/c1-2-18-5-6-19-9-11(17)8-16-13-7-10(14)3-4-12(13)15/h3-4,7,11,16-17H,2,5-6,8-9H2,1H3. The number of rotatable bonds is 9. The summed E-state index contributed by atoms with van der Waals surface area (Å²) in [7, 11) is 0. The van der Waals surface area contributed by atoms with Gasteiger partial charge in [-0.3, -0.25) is 0 Å². The molecule has 0 bridgehead atoms. The quantitative estimate of drug-likeness (QED) is 0.689. The van der Waals surface area contributed by atoms with Crippen LogP contribution in [0.2, 0.25) is 10.0 Å². The first kappa shape index (κ1) is 16.5. The van der Waals surface area contributed by atoms with Crippen molar-refractivity contribution in [2.45, 2.75) is 13.0 Å². The fourth-order valence-electron chi connectivity index (χ4n) is 1.40. The first-order chi connectivity index (χ1) is 9.13. The summed E-state index contributed by atoms with van der Waals surface area (Å²) in [6.07, 6.45) is -0.614. The number of hydrogen-bond donors (Lipinski definition) is 2. The number of halogens is 2. The zero-order chi connectivity index (χ0) is 14.1. The smallest absolute Gasteiger partial charge is 0.0945 e. The molecule has 0 saturated carbocycles. The summed E-state index contributed by atoms with van der Waals surface area (Å²) in [5, 5.41) is 13.9. The van der Waals surface area contributed by atoms with Crippen LogP contribution in [0.15, 0.2) is 18.2 Å². The number of aliphatic hydroxyl groups is 1. The monoisotopic (exact) mass is 307 g/mol. The molecular formula is C13H19Cl2NO3. The molecule has 1 unspecified atom stereocenters. The zero-order valence-electron chi connectivity index (χ0n) is 10.9. The molecule has 0 heterocycles. The molecule has 6 heteroatoms. The molecule has 19 heavy (non-hydrogen) atoms. The molecule has 4 nitrogen and oxygen atoms in total. The molecule has 0 amide bonds. The highest BCUT2D eigenvalue weighted by molar-refractivity contribution is 6.35. The average molecular weight is 308 g/mol. The van der Waals surface area contributed by atoms with E-state index in [1.54, 1.807) is 18.2 Å². The molecule has 0 saturated heterocycles. The van der Waals surface area contributed by atoms with Crippen LogP contribution in [0.4, 0.5) is 5.69 Å². The largest absolute Gasteiger partial charge is 0.389 e. The number of aliphatic hydroxyl groups excluding tert-OH is 1. The summed E-state index contributed by atoms with van der Waals surface area (Å²) in [6, 6.07) is 5.13. The fraction of sp³-hybridized carbons (Fsp3) is 0.538. The van der Waals surface area contributed by atoms with Crippen LogP contribution in [0, 0.1) is 0 Å². The SMILES string of the molecule is CCOCCOCC(O)CNc1cc(Cl)ccc1Cl. The van der Waals surface area contributed by atoms with Crippen LogP contribution in [0.25, 0.3) is 0 Å². The second-order valence-corrected chi connectivity index (χ2v) is 4.77. The number of nitrogens with one attached hydrogen (secondary N) is 1. The van der Waals surface area contributed by atoms with Gasteiger partial charge >= 0.3 is 0 Å². The normalized spacial score (nSPS) is 12.4. The van der Waals surface area contributed by atoms with E-state index in [2.05, 4.69) is 5.32 Å². The van der Waals surface area contributed by atoms with Crippen molar-refractivity contribution in [3.8, 4) is 0 Å². The lowest BCUT2D eigenvalue weighted by atomic mass is 10.3. The molecule has 0 aliphatic heterocycles. The Morgan fingerprint density at radius 2 is 2.00 bits per heavy atom.